The Morgan fingerprint density at radius 3 is 2.48 bits per heavy atom. The highest BCUT2D eigenvalue weighted by atomic mass is 16.5. The molecule has 158 valence electrons. The molecule has 31 heavy (non-hydrogen) atoms. The number of hydrogen-bond donors (Lipinski definition) is 1. The van der Waals surface area contributed by atoms with Crippen LogP contribution in [-0.4, -0.2) is 36.5 Å². The van der Waals surface area contributed by atoms with E-state index < -0.39 is 17.8 Å². The van der Waals surface area contributed by atoms with Crippen LogP contribution in [0.15, 0.2) is 60.7 Å². The van der Waals surface area contributed by atoms with Crippen LogP contribution >= 0.6 is 0 Å². The molecule has 0 fully saturated rings. The minimum atomic E-state index is -0.648. The van der Waals surface area contributed by atoms with Gasteiger partial charge in [0.1, 0.15) is 13.2 Å². The second-order valence-corrected chi connectivity index (χ2v) is 6.69. The Hall–Kier alpha value is -4.00. The molecule has 1 heterocycles. The van der Waals surface area contributed by atoms with Gasteiger partial charge in [0.15, 0.2) is 0 Å². The summed E-state index contributed by atoms with van der Waals surface area (Å²) in [5, 5.41) is 3.28. The lowest BCUT2D eigenvalue weighted by atomic mass is 10.0. The van der Waals surface area contributed by atoms with Crippen LogP contribution in [0.5, 0.6) is 0 Å². The molecular weight excluding hydrogens is 396 g/mol. The Balaban J connectivity index is 1.63. The zero-order valence-electron chi connectivity index (χ0n) is 17.3. The number of rotatable bonds is 7. The van der Waals surface area contributed by atoms with Crippen molar-refractivity contribution in [3.8, 4) is 0 Å². The van der Waals surface area contributed by atoms with Crippen molar-refractivity contribution in [2.45, 2.75) is 13.5 Å². The molecule has 0 aliphatic rings. The third kappa shape index (κ3) is 5.54. The average molecular weight is 418 g/mol. The monoisotopic (exact) mass is 418 g/mol. The Bertz CT molecular complexity index is 1140. The van der Waals surface area contributed by atoms with Crippen LogP contribution in [-0.2, 0) is 25.7 Å². The first-order chi connectivity index (χ1) is 15.0. The molecule has 7 heteroatoms. The van der Waals surface area contributed by atoms with Crippen LogP contribution in [0.25, 0.3) is 17.0 Å². The Morgan fingerprint density at radius 2 is 1.74 bits per heavy atom. The van der Waals surface area contributed by atoms with Gasteiger partial charge in [0, 0.05) is 11.5 Å². The first kappa shape index (κ1) is 21.7. The maximum atomic E-state index is 12.3. The second-order valence-electron chi connectivity index (χ2n) is 6.69. The van der Waals surface area contributed by atoms with E-state index in [4.69, 9.17) is 9.47 Å². The van der Waals surface area contributed by atoms with Crippen LogP contribution in [0.2, 0.25) is 0 Å². The third-order valence-corrected chi connectivity index (χ3v) is 4.62. The molecule has 3 rings (SSSR count). The topological polar surface area (TPSA) is 94.6 Å². The van der Waals surface area contributed by atoms with E-state index in [0.29, 0.717) is 16.8 Å². The van der Waals surface area contributed by atoms with Crippen LogP contribution in [0.3, 0.4) is 0 Å². The molecule has 0 saturated carbocycles. The highest BCUT2D eigenvalue weighted by Gasteiger charge is 2.20. The SMILES string of the molecule is COC(=O)c1c(COC(=O)CNC(=O)/C=C/c2ccccc2)nc2ccccc2c1C. The second kappa shape index (κ2) is 10.2. The molecule has 0 aliphatic carbocycles. The normalized spacial score (nSPS) is 10.8. The summed E-state index contributed by atoms with van der Waals surface area (Å²) in [5.74, 6) is -1.62. The van der Waals surface area contributed by atoms with E-state index in [2.05, 4.69) is 10.3 Å². The van der Waals surface area contributed by atoms with Crippen molar-refractivity contribution in [1.82, 2.24) is 10.3 Å². The fourth-order valence-electron chi connectivity index (χ4n) is 3.07. The van der Waals surface area contributed by atoms with E-state index in [1.807, 2.05) is 54.6 Å². The van der Waals surface area contributed by atoms with Gasteiger partial charge in [-0.25, -0.2) is 9.78 Å². The first-order valence-electron chi connectivity index (χ1n) is 9.62. The number of ether oxygens (including phenoxy) is 2. The third-order valence-electron chi connectivity index (χ3n) is 4.62. The van der Waals surface area contributed by atoms with Crippen LogP contribution in [0, 0.1) is 6.92 Å². The number of nitrogens with one attached hydrogen (secondary N) is 1. The van der Waals surface area contributed by atoms with Gasteiger partial charge in [-0.3, -0.25) is 9.59 Å². The summed E-state index contributed by atoms with van der Waals surface area (Å²) in [4.78, 5) is 40.7. The maximum absolute atomic E-state index is 12.3. The number of carbonyl (C=O) groups excluding carboxylic acids is 3. The van der Waals surface area contributed by atoms with Gasteiger partial charge in [0.2, 0.25) is 5.91 Å². The number of fused-ring (bicyclic) bond motifs is 1. The van der Waals surface area contributed by atoms with Crippen molar-refractivity contribution in [2.24, 2.45) is 0 Å². The minimum Gasteiger partial charge on any atom is -0.465 e. The lowest BCUT2D eigenvalue weighted by molar-refractivity contribution is -0.144. The average Bonchev–Trinajstić information content (AvgIpc) is 2.80. The molecule has 0 saturated heterocycles. The number of carbonyl (C=O) groups is 3. The fourth-order valence-corrected chi connectivity index (χ4v) is 3.07. The van der Waals surface area contributed by atoms with E-state index in [-0.39, 0.29) is 18.7 Å². The summed E-state index contributed by atoms with van der Waals surface area (Å²) >= 11 is 0. The molecule has 0 unspecified atom stereocenters. The van der Waals surface area contributed by atoms with E-state index in [1.54, 1.807) is 13.0 Å². The highest BCUT2D eigenvalue weighted by molar-refractivity contribution is 5.98. The van der Waals surface area contributed by atoms with Crippen LogP contribution < -0.4 is 5.32 Å². The molecule has 0 aliphatic heterocycles. The summed E-state index contributed by atoms with van der Waals surface area (Å²) in [6, 6.07) is 16.7. The highest BCUT2D eigenvalue weighted by Crippen LogP contribution is 2.24. The van der Waals surface area contributed by atoms with Gasteiger partial charge in [-0.2, -0.15) is 0 Å². The van der Waals surface area contributed by atoms with E-state index in [1.165, 1.54) is 13.2 Å². The van der Waals surface area contributed by atoms with Crippen LogP contribution in [0.4, 0.5) is 0 Å². The van der Waals surface area contributed by atoms with Crippen LogP contribution in [0.1, 0.15) is 27.2 Å². The van der Waals surface area contributed by atoms with Gasteiger partial charge >= 0.3 is 11.9 Å². The molecule has 7 nitrogen and oxygen atoms in total. The summed E-state index contributed by atoms with van der Waals surface area (Å²) in [6.07, 6.45) is 2.98. The molecule has 1 aromatic heterocycles. The van der Waals surface area contributed by atoms with Gasteiger partial charge in [0.25, 0.3) is 0 Å². The quantitative estimate of drug-likeness (QED) is 0.468. The van der Waals surface area contributed by atoms with Crippen molar-refractivity contribution in [1.29, 1.82) is 0 Å². The Labute approximate surface area is 179 Å². The summed E-state index contributed by atoms with van der Waals surface area (Å²) in [6.45, 7) is 1.27. The van der Waals surface area contributed by atoms with Crippen molar-refractivity contribution in [2.75, 3.05) is 13.7 Å². The number of para-hydroxylation sites is 1. The van der Waals surface area contributed by atoms with E-state index >= 15 is 0 Å². The number of amides is 1. The molecule has 3 aromatic rings. The van der Waals surface area contributed by atoms with Gasteiger partial charge in [-0.15, -0.1) is 0 Å². The van der Waals surface area contributed by atoms with Crippen molar-refractivity contribution in [3.63, 3.8) is 0 Å². The number of esters is 2. The summed E-state index contributed by atoms with van der Waals surface area (Å²) in [7, 11) is 1.28. The van der Waals surface area contributed by atoms with Gasteiger partial charge in [0.05, 0.1) is 23.9 Å². The molecule has 0 radical (unpaired) electrons. The zero-order chi connectivity index (χ0) is 22.2. The molecule has 0 atom stereocenters. The molecule has 1 N–H and O–H groups in total. The fraction of sp³-hybridized carbons (Fsp3) is 0.167. The molecule has 2 aromatic carbocycles. The number of hydrogen-bond acceptors (Lipinski definition) is 6. The van der Waals surface area contributed by atoms with Crippen molar-refractivity contribution in [3.05, 3.63) is 83.1 Å². The Morgan fingerprint density at radius 1 is 1.03 bits per heavy atom. The maximum Gasteiger partial charge on any atom is 0.340 e. The lowest BCUT2D eigenvalue weighted by Crippen LogP contribution is -2.29. The Kier molecular flexibility index (Phi) is 7.11. The number of pyridine rings is 1. The lowest BCUT2D eigenvalue weighted by Gasteiger charge is -2.13. The number of aryl methyl sites for hydroxylation is 1. The molecule has 0 bridgehead atoms. The van der Waals surface area contributed by atoms with Gasteiger partial charge in [-0.1, -0.05) is 48.5 Å². The molecule has 1 amide bonds. The van der Waals surface area contributed by atoms with Gasteiger partial charge < -0.3 is 14.8 Å². The predicted octanol–water partition coefficient (Wildman–Crippen LogP) is 3.20. The smallest absolute Gasteiger partial charge is 0.340 e. The standard InChI is InChI=1S/C24H22N2O5/c1-16-18-10-6-7-11-19(18)26-20(23(16)24(29)30-2)15-31-22(28)14-25-21(27)13-12-17-8-4-3-5-9-17/h3-13H,14-15H2,1-2H3,(H,25,27)/b13-12+. The summed E-state index contributed by atoms with van der Waals surface area (Å²) in [5.41, 5.74) is 2.81. The number of methoxy groups -OCH3 is 1. The van der Waals surface area contributed by atoms with E-state index in [0.717, 1.165) is 10.9 Å². The largest absolute Gasteiger partial charge is 0.465 e. The first-order valence-corrected chi connectivity index (χ1v) is 9.62. The van der Waals surface area contributed by atoms with Crippen molar-refractivity contribution >= 4 is 34.8 Å². The number of nitrogens with zero attached hydrogens (tertiary/aromatic N) is 1. The predicted molar refractivity (Wildman–Crippen MR) is 116 cm³/mol. The van der Waals surface area contributed by atoms with E-state index in [9.17, 15) is 14.4 Å². The minimum absolute atomic E-state index is 0.218. The van der Waals surface area contributed by atoms with Gasteiger partial charge in [-0.05, 0) is 30.2 Å². The number of benzene rings is 2. The van der Waals surface area contributed by atoms with Crippen molar-refractivity contribution < 1.29 is 23.9 Å². The number of aromatic nitrogens is 1. The molecular formula is C24H22N2O5. The molecule has 0 spiro atoms. The zero-order valence-corrected chi connectivity index (χ0v) is 17.3. The summed E-state index contributed by atoms with van der Waals surface area (Å²) < 4.78 is 10.1.